The Kier molecular flexibility index (Phi) is 3.72. The van der Waals surface area contributed by atoms with Gasteiger partial charge < -0.3 is 10.4 Å². The SMILES string of the molecule is O=C(O)CNc1nc(-c2sccc2Cl)nc2ccccc12. The highest BCUT2D eigenvalue weighted by molar-refractivity contribution is 7.14. The zero-order chi connectivity index (χ0) is 14.8. The molecule has 5 nitrogen and oxygen atoms in total. The van der Waals surface area contributed by atoms with Crippen LogP contribution in [-0.2, 0) is 4.79 Å². The minimum atomic E-state index is -0.951. The minimum Gasteiger partial charge on any atom is -0.480 e. The number of carbonyl (C=O) groups is 1. The number of aromatic nitrogens is 2. The van der Waals surface area contributed by atoms with Crippen molar-refractivity contribution in [2.24, 2.45) is 0 Å². The molecular weight excluding hydrogens is 310 g/mol. The Morgan fingerprint density at radius 2 is 2.10 bits per heavy atom. The van der Waals surface area contributed by atoms with Crippen LogP contribution < -0.4 is 5.32 Å². The Labute approximate surface area is 129 Å². The first-order chi connectivity index (χ1) is 10.1. The van der Waals surface area contributed by atoms with Crippen molar-refractivity contribution >= 4 is 45.6 Å². The lowest BCUT2D eigenvalue weighted by Gasteiger charge is -2.09. The smallest absolute Gasteiger partial charge is 0.322 e. The maximum Gasteiger partial charge on any atom is 0.322 e. The molecule has 2 heterocycles. The molecule has 0 amide bonds. The largest absolute Gasteiger partial charge is 0.480 e. The number of halogens is 1. The van der Waals surface area contributed by atoms with Crippen molar-refractivity contribution in [2.75, 3.05) is 11.9 Å². The van der Waals surface area contributed by atoms with Crippen LogP contribution in [0.3, 0.4) is 0 Å². The molecular formula is C14H10ClN3O2S. The molecule has 0 radical (unpaired) electrons. The molecule has 0 bridgehead atoms. The van der Waals surface area contributed by atoms with Crippen LogP contribution in [-0.4, -0.2) is 27.6 Å². The van der Waals surface area contributed by atoms with Crippen LogP contribution >= 0.6 is 22.9 Å². The number of rotatable bonds is 4. The standard InChI is InChI=1S/C14H10ClN3O2S/c15-9-5-6-21-12(9)14-17-10-4-2-1-3-8(10)13(18-14)16-7-11(19)20/h1-6H,7H2,(H,19,20)(H,16,17,18). The lowest BCUT2D eigenvalue weighted by Crippen LogP contribution is -2.14. The van der Waals surface area contributed by atoms with Crippen molar-refractivity contribution in [2.45, 2.75) is 0 Å². The third-order valence-electron chi connectivity index (χ3n) is 2.83. The highest BCUT2D eigenvalue weighted by atomic mass is 35.5. The molecule has 7 heteroatoms. The molecule has 3 aromatic rings. The summed E-state index contributed by atoms with van der Waals surface area (Å²) in [6.07, 6.45) is 0. The van der Waals surface area contributed by atoms with Crippen molar-refractivity contribution in [3.63, 3.8) is 0 Å². The number of hydrogen-bond acceptors (Lipinski definition) is 5. The Balaban J connectivity index is 2.15. The maximum atomic E-state index is 10.8. The van der Waals surface area contributed by atoms with E-state index in [1.807, 2.05) is 29.6 Å². The van der Waals surface area contributed by atoms with Gasteiger partial charge in [-0.2, -0.15) is 0 Å². The molecule has 2 aromatic heterocycles. The van der Waals surface area contributed by atoms with Gasteiger partial charge in [0.15, 0.2) is 5.82 Å². The summed E-state index contributed by atoms with van der Waals surface area (Å²) >= 11 is 7.56. The molecule has 0 fully saturated rings. The van der Waals surface area contributed by atoms with Crippen LogP contribution in [0.2, 0.25) is 5.02 Å². The number of nitrogens with one attached hydrogen (secondary N) is 1. The van der Waals surface area contributed by atoms with Gasteiger partial charge in [0, 0.05) is 5.39 Å². The molecule has 0 aliphatic carbocycles. The van der Waals surface area contributed by atoms with E-state index in [-0.39, 0.29) is 6.54 Å². The van der Waals surface area contributed by atoms with E-state index in [1.54, 1.807) is 6.07 Å². The molecule has 0 saturated heterocycles. The molecule has 0 atom stereocenters. The van der Waals surface area contributed by atoms with Gasteiger partial charge in [0.1, 0.15) is 12.4 Å². The summed E-state index contributed by atoms with van der Waals surface area (Å²) in [5.74, 6) is 0.0254. The van der Waals surface area contributed by atoms with Gasteiger partial charge in [0.25, 0.3) is 0 Å². The number of para-hydroxylation sites is 1. The van der Waals surface area contributed by atoms with Gasteiger partial charge in [-0.25, -0.2) is 9.97 Å². The van der Waals surface area contributed by atoms with Crippen molar-refractivity contribution < 1.29 is 9.90 Å². The zero-order valence-electron chi connectivity index (χ0n) is 10.7. The maximum absolute atomic E-state index is 10.8. The number of hydrogen-bond donors (Lipinski definition) is 2. The summed E-state index contributed by atoms with van der Waals surface area (Å²) in [5.41, 5.74) is 0.736. The van der Waals surface area contributed by atoms with E-state index < -0.39 is 5.97 Å². The van der Waals surface area contributed by atoms with E-state index in [2.05, 4.69) is 15.3 Å². The van der Waals surface area contributed by atoms with Gasteiger partial charge in [0.05, 0.1) is 15.4 Å². The van der Waals surface area contributed by atoms with Crippen LogP contribution in [0.25, 0.3) is 21.6 Å². The Hall–Kier alpha value is -2.18. The minimum absolute atomic E-state index is 0.210. The molecule has 0 spiro atoms. The molecule has 21 heavy (non-hydrogen) atoms. The van der Waals surface area contributed by atoms with Crippen molar-refractivity contribution in [1.82, 2.24) is 9.97 Å². The summed E-state index contributed by atoms with van der Waals surface area (Å²) in [5, 5.41) is 14.9. The average molecular weight is 320 g/mol. The first-order valence-electron chi connectivity index (χ1n) is 6.11. The molecule has 0 saturated carbocycles. The predicted molar refractivity (Wildman–Crippen MR) is 84.0 cm³/mol. The molecule has 0 aliphatic heterocycles. The predicted octanol–water partition coefficient (Wildman–Crippen LogP) is 3.51. The average Bonchev–Trinajstić information content (AvgIpc) is 2.90. The molecule has 0 aliphatic rings. The van der Waals surface area contributed by atoms with Gasteiger partial charge in [-0.05, 0) is 23.6 Å². The highest BCUT2D eigenvalue weighted by Gasteiger charge is 2.13. The second-order valence-electron chi connectivity index (χ2n) is 4.26. The van der Waals surface area contributed by atoms with Gasteiger partial charge in [-0.3, -0.25) is 4.79 Å². The number of anilines is 1. The number of carboxylic acids is 1. The molecule has 3 rings (SSSR count). The fraction of sp³-hybridized carbons (Fsp3) is 0.0714. The van der Waals surface area contributed by atoms with E-state index in [0.29, 0.717) is 16.7 Å². The first-order valence-corrected chi connectivity index (χ1v) is 7.37. The second-order valence-corrected chi connectivity index (χ2v) is 5.58. The van der Waals surface area contributed by atoms with Crippen LogP contribution in [0.1, 0.15) is 0 Å². The molecule has 1 aromatic carbocycles. The first kappa shape index (κ1) is 13.8. The van der Waals surface area contributed by atoms with E-state index in [0.717, 1.165) is 15.8 Å². The van der Waals surface area contributed by atoms with Gasteiger partial charge in [0.2, 0.25) is 0 Å². The quantitative estimate of drug-likeness (QED) is 0.769. The summed E-state index contributed by atoms with van der Waals surface area (Å²) in [4.78, 5) is 20.4. The Morgan fingerprint density at radius 3 is 2.81 bits per heavy atom. The van der Waals surface area contributed by atoms with Crippen molar-refractivity contribution in [3.05, 3.63) is 40.7 Å². The van der Waals surface area contributed by atoms with Crippen molar-refractivity contribution in [1.29, 1.82) is 0 Å². The van der Waals surface area contributed by atoms with E-state index in [4.69, 9.17) is 16.7 Å². The van der Waals surface area contributed by atoms with Gasteiger partial charge in [-0.15, -0.1) is 11.3 Å². The van der Waals surface area contributed by atoms with Crippen LogP contribution in [0.5, 0.6) is 0 Å². The zero-order valence-corrected chi connectivity index (χ0v) is 12.3. The molecule has 0 unspecified atom stereocenters. The lowest BCUT2D eigenvalue weighted by atomic mass is 10.2. The third-order valence-corrected chi connectivity index (χ3v) is 4.17. The number of aliphatic carboxylic acids is 1. The Bertz CT molecular complexity index is 819. The number of nitrogens with zero attached hydrogens (tertiary/aromatic N) is 2. The number of fused-ring (bicyclic) bond motifs is 1. The fourth-order valence-electron chi connectivity index (χ4n) is 1.93. The van der Waals surface area contributed by atoms with E-state index in [1.165, 1.54) is 11.3 Å². The third kappa shape index (κ3) is 2.81. The number of benzene rings is 1. The van der Waals surface area contributed by atoms with Crippen LogP contribution in [0.4, 0.5) is 5.82 Å². The van der Waals surface area contributed by atoms with Gasteiger partial charge >= 0.3 is 5.97 Å². The van der Waals surface area contributed by atoms with E-state index in [9.17, 15) is 4.79 Å². The van der Waals surface area contributed by atoms with Crippen molar-refractivity contribution in [3.8, 4) is 10.7 Å². The number of carboxylic acid groups (broad SMARTS) is 1. The topological polar surface area (TPSA) is 75.1 Å². The van der Waals surface area contributed by atoms with E-state index >= 15 is 0 Å². The summed E-state index contributed by atoms with van der Waals surface area (Å²) < 4.78 is 0. The monoisotopic (exact) mass is 319 g/mol. The van der Waals surface area contributed by atoms with Crippen LogP contribution in [0.15, 0.2) is 35.7 Å². The second kappa shape index (κ2) is 5.67. The lowest BCUT2D eigenvalue weighted by molar-refractivity contribution is -0.134. The Morgan fingerprint density at radius 1 is 1.29 bits per heavy atom. The van der Waals surface area contributed by atoms with Gasteiger partial charge in [-0.1, -0.05) is 23.7 Å². The molecule has 106 valence electrons. The fourth-order valence-corrected chi connectivity index (χ4v) is 3.00. The molecule has 2 N–H and O–H groups in total. The highest BCUT2D eigenvalue weighted by Crippen LogP contribution is 2.33. The summed E-state index contributed by atoms with van der Waals surface area (Å²) in [7, 11) is 0. The summed E-state index contributed by atoms with van der Waals surface area (Å²) in [6, 6.07) is 9.21. The normalized spacial score (nSPS) is 10.7. The van der Waals surface area contributed by atoms with Crippen LogP contribution in [0, 0.1) is 0 Å². The number of thiophene rings is 1. The summed E-state index contributed by atoms with van der Waals surface area (Å²) in [6.45, 7) is -0.210.